The molecule has 0 aliphatic carbocycles. The van der Waals surface area contributed by atoms with Crippen molar-refractivity contribution in [3.05, 3.63) is 56.7 Å². The molecule has 3 nitrogen and oxygen atoms in total. The number of halogens is 3. The molecule has 0 bridgehead atoms. The Morgan fingerprint density at radius 3 is 2.50 bits per heavy atom. The first kappa shape index (κ1) is 13.3. The van der Waals surface area contributed by atoms with Gasteiger partial charge in [-0.05, 0) is 36.4 Å². The highest BCUT2D eigenvalue weighted by Gasteiger charge is 1.99. The number of nitrogens with zero attached hydrogens (tertiary/aromatic N) is 2. The van der Waals surface area contributed by atoms with Gasteiger partial charge in [-0.2, -0.15) is 5.10 Å². The van der Waals surface area contributed by atoms with E-state index in [0.29, 0.717) is 15.9 Å². The first-order valence-corrected chi connectivity index (χ1v) is 6.57. The molecule has 0 unspecified atom stereocenters. The largest absolute Gasteiger partial charge is 0.279 e. The summed E-state index contributed by atoms with van der Waals surface area (Å²) in [6.45, 7) is 0. The van der Waals surface area contributed by atoms with Crippen molar-refractivity contribution >= 4 is 51.0 Å². The number of pyridine rings is 1. The normalized spacial score (nSPS) is 10.8. The molecule has 0 saturated heterocycles. The van der Waals surface area contributed by atoms with E-state index in [2.05, 4.69) is 31.4 Å². The summed E-state index contributed by atoms with van der Waals surface area (Å²) >= 11 is 15.0. The molecule has 0 fully saturated rings. The number of hydrazone groups is 1. The zero-order valence-electron chi connectivity index (χ0n) is 9.07. The lowest BCUT2D eigenvalue weighted by atomic mass is 10.3. The van der Waals surface area contributed by atoms with E-state index < -0.39 is 0 Å². The average Bonchev–Trinajstić information content (AvgIpc) is 2.34. The van der Waals surface area contributed by atoms with Gasteiger partial charge in [0, 0.05) is 10.0 Å². The highest BCUT2D eigenvalue weighted by atomic mass is 79.9. The smallest absolute Gasteiger partial charge is 0.139 e. The van der Waals surface area contributed by atoms with Crippen LogP contribution in [0.4, 0.5) is 5.69 Å². The molecule has 1 N–H and O–H groups in total. The maximum Gasteiger partial charge on any atom is 0.139 e. The van der Waals surface area contributed by atoms with Crippen molar-refractivity contribution in [2.24, 2.45) is 5.10 Å². The maximum atomic E-state index is 5.91. The third-order valence-electron chi connectivity index (χ3n) is 2.09. The number of rotatable bonds is 3. The van der Waals surface area contributed by atoms with Crippen LogP contribution in [0.2, 0.25) is 10.3 Å². The molecule has 1 aromatic heterocycles. The molecule has 0 saturated carbocycles. The van der Waals surface area contributed by atoms with Gasteiger partial charge < -0.3 is 0 Å². The first-order chi connectivity index (χ1) is 8.65. The van der Waals surface area contributed by atoms with Crippen LogP contribution in [0.3, 0.4) is 0 Å². The van der Waals surface area contributed by atoms with E-state index in [1.54, 1.807) is 18.3 Å². The predicted molar refractivity (Wildman–Crippen MR) is 79.6 cm³/mol. The van der Waals surface area contributed by atoms with Gasteiger partial charge in [0.2, 0.25) is 0 Å². The van der Waals surface area contributed by atoms with Crippen LogP contribution < -0.4 is 5.43 Å². The number of hydrogen-bond donors (Lipinski definition) is 1. The summed E-state index contributed by atoms with van der Waals surface area (Å²) in [7, 11) is 0. The van der Waals surface area contributed by atoms with Gasteiger partial charge in [-0.1, -0.05) is 39.1 Å². The van der Waals surface area contributed by atoms with Gasteiger partial charge in [0.05, 0.1) is 11.9 Å². The third-order valence-corrected chi connectivity index (χ3v) is 3.13. The molecule has 0 atom stereocenters. The van der Waals surface area contributed by atoms with Crippen molar-refractivity contribution in [3.8, 4) is 0 Å². The lowest BCUT2D eigenvalue weighted by molar-refractivity contribution is 1.30. The number of hydrogen-bond acceptors (Lipinski definition) is 3. The Labute approximate surface area is 123 Å². The second kappa shape index (κ2) is 6.18. The van der Waals surface area contributed by atoms with Crippen LogP contribution in [-0.4, -0.2) is 11.2 Å². The van der Waals surface area contributed by atoms with Crippen molar-refractivity contribution in [1.29, 1.82) is 0 Å². The van der Waals surface area contributed by atoms with Crippen LogP contribution in [0.5, 0.6) is 0 Å². The highest BCUT2D eigenvalue weighted by molar-refractivity contribution is 9.10. The van der Waals surface area contributed by atoms with E-state index in [4.69, 9.17) is 23.2 Å². The van der Waals surface area contributed by atoms with Gasteiger partial charge in [-0.25, -0.2) is 4.98 Å². The molecular weight excluding hydrogens is 337 g/mol. The summed E-state index contributed by atoms with van der Waals surface area (Å²) in [6.07, 6.45) is 1.59. The Morgan fingerprint density at radius 2 is 1.83 bits per heavy atom. The van der Waals surface area contributed by atoms with Crippen LogP contribution in [0.15, 0.2) is 46.0 Å². The molecule has 0 aliphatic rings. The van der Waals surface area contributed by atoms with Crippen molar-refractivity contribution in [2.45, 2.75) is 0 Å². The van der Waals surface area contributed by atoms with E-state index in [1.165, 1.54) is 0 Å². The number of nitrogens with one attached hydrogen (secondary N) is 1. The van der Waals surface area contributed by atoms with Gasteiger partial charge in [-0.3, -0.25) is 5.43 Å². The first-order valence-electron chi connectivity index (χ1n) is 5.02. The van der Waals surface area contributed by atoms with Crippen molar-refractivity contribution in [3.63, 3.8) is 0 Å². The number of anilines is 1. The fourth-order valence-electron chi connectivity index (χ4n) is 1.22. The van der Waals surface area contributed by atoms with Gasteiger partial charge in [-0.15, -0.1) is 0 Å². The van der Waals surface area contributed by atoms with Crippen molar-refractivity contribution in [2.75, 3.05) is 5.43 Å². The minimum atomic E-state index is 0.323. The lowest BCUT2D eigenvalue weighted by Crippen LogP contribution is -1.92. The maximum absolute atomic E-state index is 5.91. The summed E-state index contributed by atoms with van der Waals surface area (Å²) in [5.74, 6) is 0. The second-order valence-electron chi connectivity index (χ2n) is 3.39. The summed E-state index contributed by atoms with van der Waals surface area (Å²) in [6, 6.07) is 11.1. The second-order valence-corrected chi connectivity index (χ2v) is 5.05. The quantitative estimate of drug-likeness (QED) is 0.502. The Bertz CT molecular complexity index is 570. The number of benzene rings is 1. The molecule has 2 rings (SSSR count). The van der Waals surface area contributed by atoms with E-state index in [9.17, 15) is 0 Å². The highest BCUT2D eigenvalue weighted by Crippen LogP contribution is 2.16. The van der Waals surface area contributed by atoms with E-state index in [-0.39, 0.29) is 0 Å². The molecule has 1 heterocycles. The summed E-state index contributed by atoms with van der Waals surface area (Å²) in [4.78, 5) is 3.92. The van der Waals surface area contributed by atoms with Gasteiger partial charge in [0.15, 0.2) is 0 Å². The zero-order valence-corrected chi connectivity index (χ0v) is 12.2. The average molecular weight is 345 g/mol. The molecule has 0 amide bonds. The van der Waals surface area contributed by atoms with Crippen LogP contribution in [0.25, 0.3) is 0 Å². The topological polar surface area (TPSA) is 37.3 Å². The lowest BCUT2D eigenvalue weighted by Gasteiger charge is -2.00. The van der Waals surface area contributed by atoms with E-state index in [1.807, 2.05) is 24.3 Å². The minimum Gasteiger partial charge on any atom is -0.279 e. The Kier molecular flexibility index (Phi) is 4.58. The molecule has 18 heavy (non-hydrogen) atoms. The SMILES string of the molecule is Clc1ccc(/C=N/Nc2ccc(Br)cc2)c(Cl)n1. The van der Waals surface area contributed by atoms with E-state index >= 15 is 0 Å². The fraction of sp³-hybridized carbons (Fsp3) is 0. The molecule has 1 aromatic carbocycles. The van der Waals surface area contributed by atoms with Crippen LogP contribution in [0.1, 0.15) is 5.56 Å². The minimum absolute atomic E-state index is 0.323. The molecule has 2 aromatic rings. The van der Waals surface area contributed by atoms with Crippen molar-refractivity contribution in [1.82, 2.24) is 4.98 Å². The summed E-state index contributed by atoms with van der Waals surface area (Å²) in [5, 5.41) is 4.76. The van der Waals surface area contributed by atoms with Crippen LogP contribution in [-0.2, 0) is 0 Å². The Balaban J connectivity index is 2.05. The summed E-state index contributed by atoms with van der Waals surface area (Å²) in [5.41, 5.74) is 4.47. The van der Waals surface area contributed by atoms with Crippen molar-refractivity contribution < 1.29 is 0 Å². The van der Waals surface area contributed by atoms with Crippen LogP contribution in [0, 0.1) is 0 Å². The molecule has 92 valence electrons. The molecule has 0 radical (unpaired) electrons. The van der Waals surface area contributed by atoms with Gasteiger partial charge >= 0.3 is 0 Å². The third kappa shape index (κ3) is 3.70. The van der Waals surface area contributed by atoms with Crippen LogP contribution >= 0.6 is 39.1 Å². The Morgan fingerprint density at radius 1 is 1.11 bits per heavy atom. The predicted octanol–water partition coefficient (Wildman–Crippen LogP) is 4.60. The van der Waals surface area contributed by atoms with Gasteiger partial charge in [0.1, 0.15) is 10.3 Å². The molecule has 0 spiro atoms. The molecule has 0 aliphatic heterocycles. The molecular formula is C12H8BrCl2N3. The summed E-state index contributed by atoms with van der Waals surface area (Å²) < 4.78 is 1.02. The fourth-order valence-corrected chi connectivity index (χ4v) is 1.88. The number of aromatic nitrogens is 1. The monoisotopic (exact) mass is 343 g/mol. The zero-order chi connectivity index (χ0) is 13.0. The standard InChI is InChI=1S/C12H8BrCl2N3/c13-9-2-4-10(5-3-9)18-16-7-8-1-6-11(14)17-12(8)15/h1-7,18H/b16-7+. The van der Waals surface area contributed by atoms with E-state index in [0.717, 1.165) is 10.2 Å². The molecule has 6 heteroatoms. The Hall–Kier alpha value is -1.10. The van der Waals surface area contributed by atoms with Gasteiger partial charge in [0.25, 0.3) is 0 Å².